The zero-order chi connectivity index (χ0) is 16.3. The second-order valence-corrected chi connectivity index (χ2v) is 5.50. The Bertz CT molecular complexity index is 707. The summed E-state index contributed by atoms with van der Waals surface area (Å²) >= 11 is 0. The van der Waals surface area contributed by atoms with Gasteiger partial charge < -0.3 is 5.32 Å². The number of anilines is 1. The van der Waals surface area contributed by atoms with Crippen molar-refractivity contribution in [1.82, 2.24) is 9.78 Å². The van der Waals surface area contributed by atoms with Gasteiger partial charge in [0.2, 0.25) is 0 Å². The lowest BCUT2D eigenvalue weighted by molar-refractivity contribution is -0.385. The van der Waals surface area contributed by atoms with Crippen molar-refractivity contribution in [2.45, 2.75) is 27.3 Å². The van der Waals surface area contributed by atoms with Crippen LogP contribution in [0.15, 0.2) is 30.5 Å². The fraction of sp³-hybridized carbons (Fsp3) is 0.333. The van der Waals surface area contributed by atoms with Crippen LogP contribution < -0.4 is 5.32 Å². The van der Waals surface area contributed by atoms with Crippen LogP contribution in [0.4, 0.5) is 11.5 Å². The van der Waals surface area contributed by atoms with Gasteiger partial charge in [0.05, 0.1) is 11.1 Å². The number of hydrogen-bond donors (Lipinski definition) is 1. The van der Waals surface area contributed by atoms with Gasteiger partial charge in [-0.1, -0.05) is 19.9 Å². The molecule has 0 aliphatic heterocycles. The Balaban J connectivity index is 2.21. The summed E-state index contributed by atoms with van der Waals surface area (Å²) in [4.78, 5) is 22.7. The third kappa shape index (κ3) is 3.49. The molecule has 1 N–H and O–H groups in total. The van der Waals surface area contributed by atoms with E-state index in [4.69, 9.17) is 0 Å². The van der Waals surface area contributed by atoms with E-state index in [-0.39, 0.29) is 11.3 Å². The van der Waals surface area contributed by atoms with Gasteiger partial charge in [-0.2, -0.15) is 5.10 Å². The molecular formula is C15H18N4O3. The summed E-state index contributed by atoms with van der Waals surface area (Å²) in [6.45, 7) is 6.42. The first-order valence-corrected chi connectivity index (χ1v) is 6.96. The predicted molar refractivity (Wildman–Crippen MR) is 82.9 cm³/mol. The smallest absolute Gasteiger partial charge is 0.273 e. The maximum absolute atomic E-state index is 12.3. The first-order valence-electron chi connectivity index (χ1n) is 6.96. The Morgan fingerprint density at radius 2 is 2.14 bits per heavy atom. The molecule has 7 nitrogen and oxygen atoms in total. The molecule has 116 valence electrons. The van der Waals surface area contributed by atoms with E-state index in [9.17, 15) is 14.9 Å². The molecule has 0 bridgehead atoms. The summed E-state index contributed by atoms with van der Waals surface area (Å²) in [6, 6.07) is 6.12. The number of nitrogens with one attached hydrogen (secondary N) is 1. The summed E-state index contributed by atoms with van der Waals surface area (Å²) in [5.74, 6) is 0.562. The SMILES string of the molecule is Cc1ccc(C(=O)Nc2ccnn2CC(C)C)cc1[N+](=O)[O-]. The summed E-state index contributed by atoms with van der Waals surface area (Å²) in [5, 5.41) is 17.8. The number of nitrogens with zero attached hydrogens (tertiary/aromatic N) is 3. The number of nitro benzene ring substituents is 1. The fourth-order valence-electron chi connectivity index (χ4n) is 2.07. The van der Waals surface area contributed by atoms with Gasteiger partial charge in [0.1, 0.15) is 5.82 Å². The van der Waals surface area contributed by atoms with E-state index in [0.29, 0.717) is 23.8 Å². The van der Waals surface area contributed by atoms with Crippen molar-refractivity contribution < 1.29 is 9.72 Å². The first kappa shape index (κ1) is 15.7. The topological polar surface area (TPSA) is 90.1 Å². The summed E-state index contributed by atoms with van der Waals surface area (Å²) in [7, 11) is 0. The Morgan fingerprint density at radius 1 is 1.41 bits per heavy atom. The molecule has 1 aromatic heterocycles. The Kier molecular flexibility index (Phi) is 4.55. The standard InChI is InChI=1S/C15H18N4O3/c1-10(2)9-18-14(6-7-16-18)17-15(20)12-5-4-11(3)13(8-12)19(21)22/h4-8,10H,9H2,1-3H3,(H,17,20). The van der Waals surface area contributed by atoms with Crippen LogP contribution in [0.2, 0.25) is 0 Å². The van der Waals surface area contributed by atoms with Crippen LogP contribution in [0.3, 0.4) is 0 Å². The minimum Gasteiger partial charge on any atom is -0.307 e. The number of nitro groups is 1. The van der Waals surface area contributed by atoms with Gasteiger partial charge in [0, 0.05) is 29.8 Å². The number of carbonyl (C=O) groups excluding carboxylic acids is 1. The van der Waals surface area contributed by atoms with Gasteiger partial charge >= 0.3 is 0 Å². The highest BCUT2D eigenvalue weighted by Gasteiger charge is 2.16. The lowest BCUT2D eigenvalue weighted by Crippen LogP contribution is -2.17. The molecule has 0 aliphatic carbocycles. The molecule has 1 amide bonds. The zero-order valence-electron chi connectivity index (χ0n) is 12.7. The molecule has 0 saturated heterocycles. The van der Waals surface area contributed by atoms with Crippen LogP contribution in [0, 0.1) is 23.0 Å². The summed E-state index contributed by atoms with van der Waals surface area (Å²) in [6.07, 6.45) is 1.61. The predicted octanol–water partition coefficient (Wildman–Crippen LogP) is 3.01. The third-order valence-corrected chi connectivity index (χ3v) is 3.16. The van der Waals surface area contributed by atoms with E-state index in [1.54, 1.807) is 36.0 Å². The minimum absolute atomic E-state index is 0.0664. The molecule has 0 radical (unpaired) electrons. The molecule has 1 aromatic carbocycles. The zero-order valence-corrected chi connectivity index (χ0v) is 12.7. The molecule has 0 aliphatic rings. The molecule has 0 saturated carbocycles. The summed E-state index contributed by atoms with van der Waals surface area (Å²) in [5.41, 5.74) is 0.698. The van der Waals surface area contributed by atoms with Crippen molar-refractivity contribution in [3.63, 3.8) is 0 Å². The Morgan fingerprint density at radius 3 is 2.77 bits per heavy atom. The normalized spacial score (nSPS) is 10.7. The quantitative estimate of drug-likeness (QED) is 0.679. The van der Waals surface area contributed by atoms with E-state index in [1.807, 2.05) is 0 Å². The average Bonchev–Trinajstić information content (AvgIpc) is 2.85. The van der Waals surface area contributed by atoms with Crippen LogP contribution >= 0.6 is 0 Å². The monoisotopic (exact) mass is 302 g/mol. The molecule has 0 atom stereocenters. The summed E-state index contributed by atoms with van der Waals surface area (Å²) < 4.78 is 1.70. The molecule has 0 spiro atoms. The maximum Gasteiger partial charge on any atom is 0.273 e. The van der Waals surface area contributed by atoms with Crippen molar-refractivity contribution in [1.29, 1.82) is 0 Å². The molecule has 0 unspecified atom stereocenters. The number of hydrogen-bond acceptors (Lipinski definition) is 4. The minimum atomic E-state index is -0.491. The molecular weight excluding hydrogens is 284 g/mol. The lowest BCUT2D eigenvalue weighted by Gasteiger charge is -2.11. The first-order chi connectivity index (χ1) is 10.4. The average molecular weight is 302 g/mol. The van der Waals surface area contributed by atoms with Crippen LogP contribution in [0.1, 0.15) is 29.8 Å². The second kappa shape index (κ2) is 6.38. The van der Waals surface area contributed by atoms with Crippen LogP contribution in [-0.4, -0.2) is 20.6 Å². The van der Waals surface area contributed by atoms with E-state index < -0.39 is 10.8 Å². The van der Waals surface area contributed by atoms with Gasteiger partial charge in [0.25, 0.3) is 11.6 Å². The van der Waals surface area contributed by atoms with Gasteiger partial charge in [0.15, 0.2) is 0 Å². The van der Waals surface area contributed by atoms with Crippen molar-refractivity contribution in [3.8, 4) is 0 Å². The van der Waals surface area contributed by atoms with Crippen molar-refractivity contribution in [2.24, 2.45) is 5.92 Å². The number of benzene rings is 1. The Labute approximate surface area is 128 Å². The van der Waals surface area contributed by atoms with Crippen molar-refractivity contribution in [3.05, 3.63) is 51.7 Å². The van der Waals surface area contributed by atoms with Crippen LogP contribution in [0.25, 0.3) is 0 Å². The molecule has 7 heteroatoms. The largest absolute Gasteiger partial charge is 0.307 e. The van der Waals surface area contributed by atoms with Gasteiger partial charge in [-0.15, -0.1) is 0 Å². The molecule has 22 heavy (non-hydrogen) atoms. The third-order valence-electron chi connectivity index (χ3n) is 3.16. The highest BCUT2D eigenvalue weighted by atomic mass is 16.6. The number of amides is 1. The van der Waals surface area contributed by atoms with E-state index in [2.05, 4.69) is 24.3 Å². The number of aryl methyl sites for hydroxylation is 1. The number of aromatic nitrogens is 2. The highest BCUT2D eigenvalue weighted by molar-refractivity contribution is 6.04. The van der Waals surface area contributed by atoms with Crippen LogP contribution in [0.5, 0.6) is 0 Å². The van der Waals surface area contributed by atoms with Gasteiger partial charge in [-0.25, -0.2) is 4.68 Å². The molecule has 0 fully saturated rings. The molecule has 2 rings (SSSR count). The number of carbonyl (C=O) groups is 1. The maximum atomic E-state index is 12.3. The van der Waals surface area contributed by atoms with Gasteiger partial charge in [-0.3, -0.25) is 14.9 Å². The highest BCUT2D eigenvalue weighted by Crippen LogP contribution is 2.20. The lowest BCUT2D eigenvalue weighted by atomic mass is 10.1. The Hall–Kier alpha value is -2.70. The van der Waals surface area contributed by atoms with Gasteiger partial charge in [-0.05, 0) is 18.9 Å². The van der Waals surface area contributed by atoms with Crippen molar-refractivity contribution >= 4 is 17.4 Å². The molecule has 1 heterocycles. The van der Waals surface area contributed by atoms with Crippen molar-refractivity contribution in [2.75, 3.05) is 5.32 Å². The van der Waals surface area contributed by atoms with Crippen LogP contribution in [-0.2, 0) is 6.54 Å². The second-order valence-electron chi connectivity index (χ2n) is 5.50. The van der Waals surface area contributed by atoms with E-state index in [1.165, 1.54) is 6.07 Å². The molecule has 2 aromatic rings. The number of rotatable bonds is 5. The van der Waals surface area contributed by atoms with E-state index in [0.717, 1.165) is 0 Å². The fourth-order valence-corrected chi connectivity index (χ4v) is 2.07. The van der Waals surface area contributed by atoms with E-state index >= 15 is 0 Å².